The predicted molar refractivity (Wildman–Crippen MR) is 97.6 cm³/mol. The molecule has 5 heteroatoms. The van der Waals surface area contributed by atoms with Crippen molar-refractivity contribution in [3.8, 4) is 22.6 Å². The Morgan fingerprint density at radius 1 is 1.04 bits per heavy atom. The summed E-state index contributed by atoms with van der Waals surface area (Å²) in [5, 5.41) is 6.24. The second-order valence-electron chi connectivity index (χ2n) is 5.96. The van der Waals surface area contributed by atoms with Crippen molar-refractivity contribution in [1.29, 1.82) is 0 Å². The number of benzene rings is 2. The Labute approximate surface area is 145 Å². The molecule has 0 bridgehead atoms. The van der Waals surface area contributed by atoms with E-state index in [1.54, 1.807) is 17.5 Å². The van der Waals surface area contributed by atoms with Gasteiger partial charge < -0.3 is 14.8 Å². The van der Waals surface area contributed by atoms with Gasteiger partial charge in [0.1, 0.15) is 0 Å². The van der Waals surface area contributed by atoms with Gasteiger partial charge in [-0.2, -0.15) is 0 Å². The molecule has 0 saturated carbocycles. The first-order valence-corrected chi connectivity index (χ1v) is 8.69. The number of nitrogens with one attached hydrogen (secondary N) is 1. The molecule has 0 amide bonds. The lowest BCUT2D eigenvalue weighted by Crippen LogP contribution is -1.99. The Balaban J connectivity index is 1.95. The minimum absolute atomic E-state index is 0.257. The van der Waals surface area contributed by atoms with E-state index in [1.165, 1.54) is 22.3 Å². The topological polar surface area (TPSA) is 43.4 Å². The molecule has 3 aromatic rings. The molecule has 0 unspecified atom stereocenters. The predicted octanol–water partition coefficient (Wildman–Crippen LogP) is 5.21. The van der Waals surface area contributed by atoms with E-state index in [1.807, 2.05) is 17.5 Å². The van der Waals surface area contributed by atoms with Gasteiger partial charge in [-0.25, -0.2) is 4.98 Å². The van der Waals surface area contributed by atoms with Gasteiger partial charge in [-0.1, -0.05) is 17.7 Å². The zero-order valence-electron chi connectivity index (χ0n) is 13.8. The maximum atomic E-state index is 5.80. The maximum Gasteiger partial charge on any atom is 0.231 e. The monoisotopic (exact) mass is 338 g/mol. The highest BCUT2D eigenvalue weighted by atomic mass is 32.1. The van der Waals surface area contributed by atoms with Crippen LogP contribution in [0.2, 0.25) is 0 Å². The largest absolute Gasteiger partial charge is 0.454 e. The second kappa shape index (κ2) is 5.83. The summed E-state index contributed by atoms with van der Waals surface area (Å²) in [5.74, 6) is 1.58. The van der Waals surface area contributed by atoms with Crippen molar-refractivity contribution in [2.75, 3.05) is 12.1 Å². The summed E-state index contributed by atoms with van der Waals surface area (Å²) in [6.45, 7) is 6.65. The molecule has 0 atom stereocenters. The zero-order valence-corrected chi connectivity index (χ0v) is 14.7. The fraction of sp³-hybridized carbons (Fsp3) is 0.211. The zero-order chi connectivity index (χ0) is 16.7. The van der Waals surface area contributed by atoms with Crippen molar-refractivity contribution >= 4 is 22.2 Å². The molecule has 0 aliphatic carbocycles. The highest BCUT2D eigenvalue weighted by molar-refractivity contribution is 7.13. The highest BCUT2D eigenvalue weighted by Crippen LogP contribution is 2.48. The number of fused-ring (bicyclic) bond motifs is 1. The molecule has 0 saturated heterocycles. The molecule has 1 N–H and O–H groups in total. The standard InChI is InChI=1S/C19H18N2O2S/c1-11-8-12(2)16(13(3)9-11)17-14(21-19-20-6-7-24-19)4-5-15-18(17)23-10-22-15/h4-9H,10H2,1-3H3,(H,20,21). The Kier molecular flexibility index (Phi) is 3.65. The third-order valence-corrected chi connectivity index (χ3v) is 4.83. The number of aryl methyl sites for hydroxylation is 3. The van der Waals surface area contributed by atoms with Gasteiger partial charge in [-0.15, -0.1) is 11.3 Å². The highest BCUT2D eigenvalue weighted by Gasteiger charge is 2.24. The van der Waals surface area contributed by atoms with Crippen LogP contribution in [0.3, 0.4) is 0 Å². The average Bonchev–Trinajstić information content (AvgIpc) is 3.19. The fourth-order valence-corrected chi connectivity index (χ4v) is 3.84. The number of nitrogens with zero attached hydrogens (tertiary/aromatic N) is 1. The summed E-state index contributed by atoms with van der Waals surface area (Å²) in [5.41, 5.74) is 6.89. The molecular formula is C19H18N2O2S. The van der Waals surface area contributed by atoms with Gasteiger partial charge in [0, 0.05) is 11.6 Å². The summed E-state index contributed by atoms with van der Waals surface area (Å²) in [6, 6.07) is 8.37. The van der Waals surface area contributed by atoms with Crippen molar-refractivity contribution in [3.05, 3.63) is 52.5 Å². The number of aromatic nitrogens is 1. The van der Waals surface area contributed by atoms with Gasteiger partial charge in [-0.3, -0.25) is 0 Å². The SMILES string of the molecule is Cc1cc(C)c(-c2c(Nc3nccs3)ccc3c2OCO3)c(C)c1. The number of rotatable bonds is 3. The molecule has 24 heavy (non-hydrogen) atoms. The van der Waals surface area contributed by atoms with E-state index in [0.29, 0.717) is 0 Å². The quantitative estimate of drug-likeness (QED) is 0.712. The lowest BCUT2D eigenvalue weighted by Gasteiger charge is -2.18. The summed E-state index contributed by atoms with van der Waals surface area (Å²) in [6.07, 6.45) is 1.79. The lowest BCUT2D eigenvalue weighted by atomic mass is 9.92. The van der Waals surface area contributed by atoms with Crippen LogP contribution in [0.4, 0.5) is 10.8 Å². The van der Waals surface area contributed by atoms with E-state index < -0.39 is 0 Å². The Hall–Kier alpha value is -2.53. The van der Waals surface area contributed by atoms with Crippen LogP contribution in [0.1, 0.15) is 16.7 Å². The molecule has 1 aliphatic heterocycles. The Bertz CT molecular complexity index is 881. The van der Waals surface area contributed by atoms with Crippen LogP contribution < -0.4 is 14.8 Å². The third-order valence-electron chi connectivity index (χ3n) is 4.14. The molecule has 122 valence electrons. The van der Waals surface area contributed by atoms with Crippen LogP contribution >= 0.6 is 11.3 Å². The Morgan fingerprint density at radius 2 is 1.83 bits per heavy atom. The van der Waals surface area contributed by atoms with E-state index in [2.05, 4.69) is 43.2 Å². The van der Waals surface area contributed by atoms with E-state index in [0.717, 1.165) is 27.9 Å². The number of anilines is 2. The van der Waals surface area contributed by atoms with Gasteiger partial charge in [0.05, 0.1) is 11.3 Å². The maximum absolute atomic E-state index is 5.80. The molecule has 4 rings (SSSR count). The Morgan fingerprint density at radius 3 is 2.54 bits per heavy atom. The van der Waals surface area contributed by atoms with Crippen LogP contribution in [-0.2, 0) is 0 Å². The van der Waals surface area contributed by atoms with E-state index in [4.69, 9.17) is 9.47 Å². The van der Waals surface area contributed by atoms with Crippen LogP contribution in [0, 0.1) is 20.8 Å². The summed E-state index contributed by atoms with van der Waals surface area (Å²) in [7, 11) is 0. The van der Waals surface area contributed by atoms with Crippen LogP contribution in [0.5, 0.6) is 11.5 Å². The molecule has 1 aromatic heterocycles. The molecule has 1 aliphatic rings. The molecule has 4 nitrogen and oxygen atoms in total. The minimum atomic E-state index is 0.257. The van der Waals surface area contributed by atoms with Crippen molar-refractivity contribution in [3.63, 3.8) is 0 Å². The van der Waals surface area contributed by atoms with Gasteiger partial charge in [-0.05, 0) is 49.6 Å². The fourth-order valence-electron chi connectivity index (χ4n) is 3.30. The molecule has 0 radical (unpaired) electrons. The smallest absolute Gasteiger partial charge is 0.231 e. The number of hydrogen-bond acceptors (Lipinski definition) is 5. The molecular weight excluding hydrogens is 320 g/mol. The van der Waals surface area contributed by atoms with Gasteiger partial charge >= 0.3 is 0 Å². The number of thiazole rings is 1. The minimum Gasteiger partial charge on any atom is -0.454 e. The van der Waals surface area contributed by atoms with E-state index in [-0.39, 0.29) is 6.79 Å². The summed E-state index contributed by atoms with van der Waals surface area (Å²) >= 11 is 1.57. The normalized spacial score (nSPS) is 12.5. The van der Waals surface area contributed by atoms with Gasteiger partial charge in [0.25, 0.3) is 0 Å². The van der Waals surface area contributed by atoms with E-state index >= 15 is 0 Å². The molecule has 0 fully saturated rings. The van der Waals surface area contributed by atoms with Crippen molar-refractivity contribution in [2.45, 2.75) is 20.8 Å². The number of hydrogen-bond donors (Lipinski definition) is 1. The van der Waals surface area contributed by atoms with Crippen LogP contribution in [0.15, 0.2) is 35.8 Å². The van der Waals surface area contributed by atoms with Crippen LogP contribution in [0.25, 0.3) is 11.1 Å². The van der Waals surface area contributed by atoms with Crippen LogP contribution in [-0.4, -0.2) is 11.8 Å². The average molecular weight is 338 g/mol. The molecule has 2 aromatic carbocycles. The second-order valence-corrected chi connectivity index (χ2v) is 6.85. The first kappa shape index (κ1) is 15.0. The first-order chi connectivity index (χ1) is 11.6. The first-order valence-electron chi connectivity index (χ1n) is 7.81. The van der Waals surface area contributed by atoms with Gasteiger partial charge in [0.15, 0.2) is 16.6 Å². The third kappa shape index (κ3) is 2.51. The number of ether oxygens (including phenoxy) is 2. The van der Waals surface area contributed by atoms with Crippen molar-refractivity contribution in [2.24, 2.45) is 0 Å². The molecule has 0 spiro atoms. The summed E-state index contributed by atoms with van der Waals surface area (Å²) < 4.78 is 11.4. The summed E-state index contributed by atoms with van der Waals surface area (Å²) in [4.78, 5) is 4.33. The van der Waals surface area contributed by atoms with E-state index in [9.17, 15) is 0 Å². The van der Waals surface area contributed by atoms with Crippen molar-refractivity contribution < 1.29 is 9.47 Å². The van der Waals surface area contributed by atoms with Crippen molar-refractivity contribution in [1.82, 2.24) is 4.98 Å². The lowest BCUT2D eigenvalue weighted by molar-refractivity contribution is 0.174. The molecule has 2 heterocycles. The van der Waals surface area contributed by atoms with Gasteiger partial charge in [0.2, 0.25) is 6.79 Å².